The van der Waals surface area contributed by atoms with Crippen LogP contribution in [-0.4, -0.2) is 41.6 Å². The molecule has 5 nitrogen and oxygen atoms in total. The quantitative estimate of drug-likeness (QED) is 0.814. The smallest absolute Gasteiger partial charge is 0.211 e. The molecule has 1 aliphatic heterocycles. The van der Waals surface area contributed by atoms with Gasteiger partial charge in [-0.3, -0.25) is 0 Å². The number of hydrogen-bond acceptors (Lipinski definition) is 4. The van der Waals surface area contributed by atoms with Crippen molar-refractivity contribution in [2.24, 2.45) is 0 Å². The van der Waals surface area contributed by atoms with Crippen molar-refractivity contribution < 1.29 is 13.6 Å². The zero-order valence-corrected chi connectivity index (χ0v) is 13.5. The molecule has 1 aliphatic rings. The Labute approximate surface area is 117 Å². The van der Waals surface area contributed by atoms with Gasteiger partial charge in [0.05, 0.1) is 5.75 Å². The molecule has 0 aromatic carbocycles. The third-order valence-electron chi connectivity index (χ3n) is 3.75. The lowest BCUT2D eigenvalue weighted by Gasteiger charge is -2.51. The highest BCUT2D eigenvalue weighted by Gasteiger charge is 2.45. The van der Waals surface area contributed by atoms with Crippen molar-refractivity contribution >= 4 is 10.0 Å². The van der Waals surface area contributed by atoms with Crippen molar-refractivity contribution in [3.63, 3.8) is 0 Å². The van der Waals surface area contributed by atoms with Gasteiger partial charge in [0.15, 0.2) is 0 Å². The van der Waals surface area contributed by atoms with E-state index < -0.39 is 21.1 Å². The Hall–Kier alpha value is -0.170. The van der Waals surface area contributed by atoms with E-state index >= 15 is 0 Å². The fourth-order valence-electron chi connectivity index (χ4n) is 3.00. The van der Waals surface area contributed by atoms with Gasteiger partial charge in [-0.15, -0.1) is 0 Å². The van der Waals surface area contributed by atoms with Crippen molar-refractivity contribution in [3.8, 4) is 0 Å². The molecular weight excluding hydrogens is 264 g/mol. The maximum absolute atomic E-state index is 12.0. The molecule has 1 saturated heterocycles. The molecule has 0 aliphatic carbocycles. The first-order chi connectivity index (χ1) is 8.50. The van der Waals surface area contributed by atoms with Gasteiger partial charge in [-0.05, 0) is 47.0 Å². The number of nitrogens with one attached hydrogen (secondary N) is 1. The van der Waals surface area contributed by atoms with E-state index in [9.17, 15) is 13.6 Å². The van der Waals surface area contributed by atoms with Gasteiger partial charge < -0.3 is 5.21 Å². The van der Waals surface area contributed by atoms with Crippen LogP contribution in [0.5, 0.6) is 0 Å². The van der Waals surface area contributed by atoms with Gasteiger partial charge in [-0.1, -0.05) is 13.3 Å². The molecule has 0 atom stereocenters. The Morgan fingerprint density at radius 2 is 1.68 bits per heavy atom. The van der Waals surface area contributed by atoms with Crippen LogP contribution in [0.2, 0.25) is 0 Å². The number of rotatable bonds is 5. The van der Waals surface area contributed by atoms with Gasteiger partial charge in [-0.2, -0.15) is 5.06 Å². The molecule has 0 aromatic rings. The second-order valence-electron chi connectivity index (χ2n) is 6.83. The standard InChI is InChI=1S/C13H28N2O3S/c1-6-7-8-19(17,18)14-11-9-12(2,3)15(16)13(4,5)10-11/h11,14,16H,6-10H2,1-5H3. The van der Waals surface area contributed by atoms with Gasteiger partial charge >= 0.3 is 0 Å². The predicted octanol–water partition coefficient (Wildman–Crippen LogP) is 2.12. The first kappa shape index (κ1) is 16.9. The Bertz CT molecular complexity index is 386. The highest BCUT2D eigenvalue weighted by Crippen LogP contribution is 2.36. The van der Waals surface area contributed by atoms with Crippen molar-refractivity contribution in [1.82, 2.24) is 9.79 Å². The van der Waals surface area contributed by atoms with Crippen molar-refractivity contribution in [2.45, 2.75) is 77.4 Å². The van der Waals surface area contributed by atoms with E-state index in [4.69, 9.17) is 0 Å². The second-order valence-corrected chi connectivity index (χ2v) is 8.71. The minimum absolute atomic E-state index is 0.116. The molecular formula is C13H28N2O3S. The molecule has 1 fully saturated rings. The van der Waals surface area contributed by atoms with E-state index in [1.165, 1.54) is 5.06 Å². The number of hydrogen-bond donors (Lipinski definition) is 2. The maximum atomic E-state index is 12.0. The highest BCUT2D eigenvalue weighted by atomic mass is 32.2. The van der Waals surface area contributed by atoms with Crippen LogP contribution in [0, 0.1) is 0 Å². The third-order valence-corrected chi connectivity index (χ3v) is 5.27. The van der Waals surface area contributed by atoms with Gasteiger partial charge in [-0.25, -0.2) is 13.1 Å². The molecule has 0 spiro atoms. The summed E-state index contributed by atoms with van der Waals surface area (Å²) in [5.74, 6) is 0.184. The first-order valence-corrected chi connectivity index (χ1v) is 8.64. The zero-order valence-electron chi connectivity index (χ0n) is 12.7. The summed E-state index contributed by atoms with van der Waals surface area (Å²) in [6, 6.07) is -0.116. The third kappa shape index (κ3) is 4.41. The van der Waals surface area contributed by atoms with E-state index in [1.807, 2.05) is 34.6 Å². The average Bonchev–Trinajstić information content (AvgIpc) is 2.21. The van der Waals surface area contributed by atoms with Crippen LogP contribution >= 0.6 is 0 Å². The minimum atomic E-state index is -3.21. The lowest BCUT2D eigenvalue weighted by Crippen LogP contribution is -2.63. The van der Waals surface area contributed by atoms with Gasteiger partial charge in [0.25, 0.3) is 0 Å². The lowest BCUT2D eigenvalue weighted by atomic mass is 9.79. The van der Waals surface area contributed by atoms with Crippen LogP contribution in [0.1, 0.15) is 60.3 Å². The van der Waals surface area contributed by atoms with Crippen molar-refractivity contribution in [1.29, 1.82) is 0 Å². The Morgan fingerprint density at radius 3 is 2.11 bits per heavy atom. The summed E-state index contributed by atoms with van der Waals surface area (Å²) in [7, 11) is -3.21. The fourth-order valence-corrected chi connectivity index (χ4v) is 4.46. The SMILES string of the molecule is CCCCS(=O)(=O)NC1CC(C)(C)N(O)C(C)(C)C1. The predicted molar refractivity (Wildman–Crippen MR) is 76.6 cm³/mol. The Morgan fingerprint density at radius 1 is 1.21 bits per heavy atom. The highest BCUT2D eigenvalue weighted by molar-refractivity contribution is 7.89. The van der Waals surface area contributed by atoms with E-state index in [1.54, 1.807) is 0 Å². The Balaban J connectivity index is 2.76. The molecule has 19 heavy (non-hydrogen) atoms. The lowest BCUT2D eigenvalue weighted by molar-refractivity contribution is -0.245. The van der Waals surface area contributed by atoms with Crippen LogP contribution in [0.4, 0.5) is 0 Å². The molecule has 0 aromatic heterocycles. The molecule has 0 unspecified atom stereocenters. The monoisotopic (exact) mass is 292 g/mol. The topological polar surface area (TPSA) is 69.6 Å². The van der Waals surface area contributed by atoms with E-state index in [0.717, 1.165) is 6.42 Å². The maximum Gasteiger partial charge on any atom is 0.211 e. The number of sulfonamides is 1. The molecule has 0 saturated carbocycles. The van der Waals surface area contributed by atoms with Crippen LogP contribution in [0.25, 0.3) is 0 Å². The Kier molecular flexibility index (Phi) is 5.04. The molecule has 0 bridgehead atoms. The molecule has 1 heterocycles. The van der Waals surface area contributed by atoms with Gasteiger partial charge in [0.2, 0.25) is 10.0 Å². The number of piperidine rings is 1. The number of unbranched alkanes of at least 4 members (excludes halogenated alkanes) is 1. The molecule has 6 heteroatoms. The summed E-state index contributed by atoms with van der Waals surface area (Å²) in [5.41, 5.74) is -0.862. The van der Waals surface area contributed by atoms with Crippen molar-refractivity contribution in [3.05, 3.63) is 0 Å². The summed E-state index contributed by atoms with van der Waals surface area (Å²) >= 11 is 0. The molecule has 0 amide bonds. The first-order valence-electron chi connectivity index (χ1n) is 6.99. The van der Waals surface area contributed by atoms with Crippen LogP contribution in [-0.2, 0) is 10.0 Å². The molecule has 2 N–H and O–H groups in total. The zero-order chi connectivity index (χ0) is 14.9. The van der Waals surface area contributed by atoms with E-state index in [0.29, 0.717) is 19.3 Å². The number of hydroxylamine groups is 2. The van der Waals surface area contributed by atoms with Gasteiger partial charge in [0.1, 0.15) is 0 Å². The molecule has 1 rings (SSSR count). The summed E-state index contributed by atoms with van der Waals surface area (Å²) in [6.45, 7) is 9.71. The minimum Gasteiger partial charge on any atom is -0.313 e. The van der Waals surface area contributed by atoms with Crippen LogP contribution < -0.4 is 4.72 Å². The number of nitrogens with zero attached hydrogens (tertiary/aromatic N) is 1. The molecule has 114 valence electrons. The molecule has 0 radical (unpaired) electrons. The summed E-state index contributed by atoms with van der Waals surface area (Å²) in [4.78, 5) is 0. The largest absolute Gasteiger partial charge is 0.313 e. The fraction of sp³-hybridized carbons (Fsp3) is 1.00. The summed E-state index contributed by atoms with van der Waals surface area (Å²) in [6.07, 6.45) is 2.77. The summed E-state index contributed by atoms with van der Waals surface area (Å²) in [5, 5.41) is 11.5. The normalized spacial score (nSPS) is 24.5. The van der Waals surface area contributed by atoms with E-state index in [-0.39, 0.29) is 11.8 Å². The van der Waals surface area contributed by atoms with E-state index in [2.05, 4.69) is 4.72 Å². The van der Waals surface area contributed by atoms with Crippen molar-refractivity contribution in [2.75, 3.05) is 5.75 Å². The summed E-state index contributed by atoms with van der Waals surface area (Å²) < 4.78 is 26.7. The van der Waals surface area contributed by atoms with Crippen LogP contribution in [0.3, 0.4) is 0 Å². The second kappa shape index (κ2) is 5.68. The van der Waals surface area contributed by atoms with Crippen LogP contribution in [0.15, 0.2) is 0 Å². The average molecular weight is 292 g/mol. The van der Waals surface area contributed by atoms with Gasteiger partial charge in [0, 0.05) is 17.1 Å².